The summed E-state index contributed by atoms with van der Waals surface area (Å²) >= 11 is 0. The maximum atomic E-state index is 13.8. The number of rotatable bonds is 10. The average molecular weight is 578 g/mol. The van der Waals surface area contributed by atoms with Gasteiger partial charge < -0.3 is 14.2 Å². The predicted octanol–water partition coefficient (Wildman–Crippen LogP) is 6.41. The number of nitrogens with zero attached hydrogens (tertiary/aromatic N) is 3. The van der Waals surface area contributed by atoms with E-state index in [1.54, 1.807) is 11.1 Å². The van der Waals surface area contributed by atoms with E-state index in [1.165, 1.54) is 0 Å². The van der Waals surface area contributed by atoms with Gasteiger partial charge >= 0.3 is 12.1 Å². The summed E-state index contributed by atoms with van der Waals surface area (Å²) in [5.74, 6) is -0.369. The molecule has 0 saturated carbocycles. The molecule has 0 N–H and O–H groups in total. The smallest absolute Gasteiger partial charge is 0.411 e. The van der Waals surface area contributed by atoms with Crippen LogP contribution in [0.3, 0.4) is 0 Å². The van der Waals surface area contributed by atoms with Gasteiger partial charge in [0.2, 0.25) is 0 Å². The van der Waals surface area contributed by atoms with E-state index in [0.29, 0.717) is 32.6 Å². The SMILES string of the molecule is CCC/C=C(/c1cccnc1)c1cccc(C(CCN2CCOCC2)OC(=O)[C@@H]2CCCCN2C(=O)OC(C)(C)C)c1. The van der Waals surface area contributed by atoms with Crippen molar-refractivity contribution in [3.63, 3.8) is 0 Å². The Bertz CT molecular complexity index is 1190. The van der Waals surface area contributed by atoms with E-state index in [2.05, 4.69) is 41.1 Å². The van der Waals surface area contributed by atoms with Crippen LogP contribution >= 0.6 is 0 Å². The molecule has 1 aromatic heterocycles. The number of hydrogen-bond donors (Lipinski definition) is 0. The van der Waals surface area contributed by atoms with E-state index >= 15 is 0 Å². The van der Waals surface area contributed by atoms with Crippen LogP contribution in [0.25, 0.3) is 5.57 Å². The molecule has 8 heteroatoms. The summed E-state index contributed by atoms with van der Waals surface area (Å²) in [5, 5.41) is 0. The van der Waals surface area contributed by atoms with E-state index in [0.717, 1.165) is 67.6 Å². The fraction of sp³-hybridized carbons (Fsp3) is 0.559. The monoisotopic (exact) mass is 577 g/mol. The molecule has 4 rings (SSSR count). The van der Waals surface area contributed by atoms with E-state index in [1.807, 2.05) is 45.2 Å². The second-order valence-electron chi connectivity index (χ2n) is 12.1. The fourth-order valence-corrected chi connectivity index (χ4v) is 5.47. The normalized spacial score (nSPS) is 19.3. The fourth-order valence-electron chi connectivity index (χ4n) is 5.47. The number of likely N-dealkylation sites (tertiary alicyclic amines) is 1. The Morgan fingerprint density at radius 1 is 1.10 bits per heavy atom. The van der Waals surface area contributed by atoms with E-state index in [-0.39, 0.29) is 5.97 Å². The van der Waals surface area contributed by atoms with Gasteiger partial charge in [-0.25, -0.2) is 9.59 Å². The minimum atomic E-state index is -0.655. The first-order valence-electron chi connectivity index (χ1n) is 15.5. The quantitative estimate of drug-likeness (QED) is 0.302. The van der Waals surface area contributed by atoms with Crippen molar-refractivity contribution in [2.45, 2.75) is 84.0 Å². The number of piperidine rings is 1. The largest absolute Gasteiger partial charge is 0.456 e. The summed E-state index contributed by atoms with van der Waals surface area (Å²) in [6, 6.07) is 11.7. The molecule has 2 saturated heterocycles. The van der Waals surface area contributed by atoms with Crippen LogP contribution in [0, 0.1) is 0 Å². The maximum absolute atomic E-state index is 13.8. The number of carbonyl (C=O) groups excluding carboxylic acids is 2. The van der Waals surface area contributed by atoms with Crippen molar-refractivity contribution in [1.82, 2.24) is 14.8 Å². The van der Waals surface area contributed by atoms with Crippen molar-refractivity contribution >= 4 is 17.6 Å². The molecule has 0 aliphatic carbocycles. The second-order valence-corrected chi connectivity index (χ2v) is 12.1. The number of benzene rings is 1. The third kappa shape index (κ3) is 9.13. The average Bonchev–Trinajstić information content (AvgIpc) is 2.99. The first-order chi connectivity index (χ1) is 20.2. The molecule has 0 spiro atoms. The molecule has 2 aromatic rings. The molecule has 1 unspecified atom stereocenters. The lowest BCUT2D eigenvalue weighted by molar-refractivity contribution is -0.157. The number of amides is 1. The van der Waals surface area contributed by atoms with E-state index in [4.69, 9.17) is 14.2 Å². The molecule has 228 valence electrons. The lowest BCUT2D eigenvalue weighted by Crippen LogP contribution is -2.50. The summed E-state index contributed by atoms with van der Waals surface area (Å²) in [6.07, 6.45) is 9.92. The van der Waals surface area contributed by atoms with Gasteiger partial charge in [-0.05, 0) is 75.3 Å². The topological polar surface area (TPSA) is 81.2 Å². The lowest BCUT2D eigenvalue weighted by Gasteiger charge is -2.36. The van der Waals surface area contributed by atoms with Gasteiger partial charge in [0.1, 0.15) is 17.7 Å². The van der Waals surface area contributed by atoms with Gasteiger partial charge in [0, 0.05) is 50.6 Å². The van der Waals surface area contributed by atoms with Crippen LogP contribution in [-0.2, 0) is 19.0 Å². The highest BCUT2D eigenvalue weighted by molar-refractivity contribution is 5.82. The minimum absolute atomic E-state index is 0.369. The van der Waals surface area contributed by atoms with Crippen LogP contribution < -0.4 is 0 Å². The highest BCUT2D eigenvalue weighted by Gasteiger charge is 2.37. The highest BCUT2D eigenvalue weighted by Crippen LogP contribution is 2.31. The van der Waals surface area contributed by atoms with Crippen molar-refractivity contribution in [3.05, 3.63) is 71.6 Å². The van der Waals surface area contributed by atoms with Crippen LogP contribution in [0.4, 0.5) is 4.79 Å². The summed E-state index contributed by atoms with van der Waals surface area (Å²) in [6.45, 7) is 12.1. The molecular weight excluding hydrogens is 530 g/mol. The van der Waals surface area contributed by atoms with Crippen molar-refractivity contribution < 1.29 is 23.8 Å². The standard InChI is InChI=1S/C34H47N3O5/c1-5-6-14-29(28-13-10-17-35-25-28)26-11-9-12-27(24-26)31(16-19-36-20-22-40-23-21-36)41-32(38)30-15-7-8-18-37(30)33(39)42-34(2,3)4/h9-14,17,24-25,30-31H,5-8,15-16,18-23H2,1-4H3/b29-14+/t30-,31?/m0/s1. The molecule has 2 fully saturated rings. The first kappa shape index (κ1) is 31.7. The summed E-state index contributed by atoms with van der Waals surface area (Å²) in [5.41, 5.74) is 3.55. The zero-order valence-electron chi connectivity index (χ0n) is 25.7. The summed E-state index contributed by atoms with van der Waals surface area (Å²) < 4.78 is 17.5. The predicted molar refractivity (Wildman–Crippen MR) is 164 cm³/mol. The van der Waals surface area contributed by atoms with Gasteiger partial charge in [0.25, 0.3) is 0 Å². The van der Waals surface area contributed by atoms with Crippen LogP contribution in [0.1, 0.15) is 89.0 Å². The Morgan fingerprint density at radius 2 is 1.88 bits per heavy atom. The number of esters is 1. The number of morpholine rings is 1. The van der Waals surface area contributed by atoms with Gasteiger partial charge in [-0.15, -0.1) is 0 Å². The van der Waals surface area contributed by atoms with Crippen LogP contribution in [-0.4, -0.2) is 77.9 Å². The van der Waals surface area contributed by atoms with Gasteiger partial charge in [0.15, 0.2) is 0 Å². The number of carbonyl (C=O) groups is 2. The molecule has 0 bridgehead atoms. The van der Waals surface area contributed by atoms with Gasteiger partial charge in [-0.2, -0.15) is 0 Å². The highest BCUT2D eigenvalue weighted by atomic mass is 16.6. The molecule has 2 aliphatic heterocycles. The van der Waals surface area contributed by atoms with Crippen molar-refractivity contribution in [3.8, 4) is 0 Å². The minimum Gasteiger partial charge on any atom is -0.456 e. The number of aromatic nitrogens is 1. The number of hydrogen-bond acceptors (Lipinski definition) is 7. The van der Waals surface area contributed by atoms with Crippen molar-refractivity contribution in [1.29, 1.82) is 0 Å². The number of unbranched alkanes of at least 4 members (excludes halogenated alkanes) is 1. The maximum Gasteiger partial charge on any atom is 0.411 e. The molecular formula is C34H47N3O5. The molecule has 0 radical (unpaired) electrons. The van der Waals surface area contributed by atoms with Crippen molar-refractivity contribution in [2.24, 2.45) is 0 Å². The van der Waals surface area contributed by atoms with Crippen LogP contribution in [0.2, 0.25) is 0 Å². The Morgan fingerprint density at radius 3 is 2.60 bits per heavy atom. The number of ether oxygens (including phenoxy) is 3. The van der Waals surface area contributed by atoms with Gasteiger partial charge in [-0.3, -0.25) is 14.8 Å². The molecule has 8 nitrogen and oxygen atoms in total. The number of allylic oxidation sites excluding steroid dienone is 1. The van der Waals surface area contributed by atoms with Gasteiger partial charge in [-0.1, -0.05) is 43.7 Å². The second kappa shape index (κ2) is 15.3. The Labute approximate surface area is 251 Å². The molecule has 3 heterocycles. The van der Waals surface area contributed by atoms with Gasteiger partial charge in [0.05, 0.1) is 13.2 Å². The lowest BCUT2D eigenvalue weighted by atomic mass is 9.94. The number of pyridine rings is 1. The zero-order chi connectivity index (χ0) is 30.0. The first-order valence-corrected chi connectivity index (χ1v) is 15.5. The molecule has 1 aromatic carbocycles. The Kier molecular flexibility index (Phi) is 11.5. The molecule has 2 atom stereocenters. The molecule has 42 heavy (non-hydrogen) atoms. The van der Waals surface area contributed by atoms with Crippen LogP contribution in [0.15, 0.2) is 54.9 Å². The van der Waals surface area contributed by atoms with E-state index < -0.39 is 23.8 Å². The van der Waals surface area contributed by atoms with Crippen LogP contribution in [0.5, 0.6) is 0 Å². The summed E-state index contributed by atoms with van der Waals surface area (Å²) in [7, 11) is 0. The third-order valence-electron chi connectivity index (χ3n) is 7.65. The molecule has 1 amide bonds. The Balaban J connectivity index is 1.60. The third-order valence-corrected chi connectivity index (χ3v) is 7.65. The Hall–Kier alpha value is -3.23. The zero-order valence-corrected chi connectivity index (χ0v) is 25.7. The van der Waals surface area contributed by atoms with E-state index in [9.17, 15) is 9.59 Å². The molecule has 2 aliphatic rings. The summed E-state index contributed by atoms with van der Waals surface area (Å²) in [4.78, 5) is 35.0. The van der Waals surface area contributed by atoms with Crippen molar-refractivity contribution in [2.75, 3.05) is 39.4 Å².